The van der Waals surface area contributed by atoms with Gasteiger partial charge in [-0.15, -0.1) is 0 Å². The number of phosphoric acid groups is 3. The third-order valence-electron chi connectivity index (χ3n) is 0.419. The zero-order chi connectivity index (χ0) is 12.9. The van der Waals surface area contributed by atoms with Crippen LogP contribution in [-0.4, -0.2) is 41.8 Å². The molecule has 0 aromatic heterocycles. The van der Waals surface area contributed by atoms with Crippen LogP contribution in [0.5, 0.6) is 0 Å². The molecule has 0 saturated heterocycles. The molecule has 0 atom stereocenters. The van der Waals surface area contributed by atoms with Crippen LogP contribution in [0.1, 0.15) is 0 Å². The maximum atomic E-state index is 10.4. The molecule has 0 aromatic rings. The first kappa shape index (κ1) is 22.4. The predicted octanol–water partition coefficient (Wildman–Crippen LogP) is -2.00. The van der Waals surface area contributed by atoms with Crippen LogP contribution in [0, 0.1) is 0 Å². The van der Waals surface area contributed by atoms with E-state index in [1.54, 1.807) is 0 Å². The van der Waals surface area contributed by atoms with Gasteiger partial charge in [-0.1, -0.05) is 0 Å². The standard InChI is InChI=1S/Al.Fe.H5O10P3.O.3H/c;;1-11(2,3)9-13(7,8)10-12(4,5)6;;;;/h;;(H,7,8)(H2,1,2,3)(H2,4,5,6);;;;. The zero-order valence-corrected chi connectivity index (χ0v) is 10.2. The summed E-state index contributed by atoms with van der Waals surface area (Å²) in [6.45, 7) is 0. The second-order valence-corrected chi connectivity index (χ2v) is 5.82. The van der Waals surface area contributed by atoms with E-state index in [1.165, 1.54) is 0 Å². The Morgan fingerprint density at radius 2 is 0.938 bits per heavy atom. The predicted molar refractivity (Wildman–Crippen MR) is 46.7 cm³/mol. The number of hydrogen-bond donors (Lipinski definition) is 5. The van der Waals surface area contributed by atoms with Crippen LogP contribution in [0.2, 0.25) is 0 Å². The molecule has 0 heterocycles. The number of rotatable bonds is 4. The summed E-state index contributed by atoms with van der Waals surface area (Å²) in [4.78, 5) is 40.2. The molecule has 0 saturated carbocycles. The molecular formula is H8AlFeO11P3. The topological polar surface area (TPSA) is 188 Å². The van der Waals surface area contributed by atoms with Gasteiger partial charge in [-0.05, 0) is 0 Å². The summed E-state index contributed by atoms with van der Waals surface area (Å²) in [7, 11) is -16.2. The first-order valence-corrected chi connectivity index (χ1v) is 7.43. The van der Waals surface area contributed by atoms with Crippen molar-refractivity contribution in [2.24, 2.45) is 0 Å². The summed E-state index contributed by atoms with van der Waals surface area (Å²) in [5.74, 6) is 0. The average molecular weight is 360 g/mol. The molecule has 0 unspecified atom stereocenters. The Balaban J connectivity index is -0.000000529. The fourth-order valence-electron chi connectivity index (χ4n) is 0.284. The van der Waals surface area contributed by atoms with Crippen LogP contribution in [0.25, 0.3) is 0 Å². The summed E-state index contributed by atoms with van der Waals surface area (Å²) in [5.41, 5.74) is 0. The van der Waals surface area contributed by atoms with E-state index in [0.717, 1.165) is 0 Å². The summed E-state index contributed by atoms with van der Waals surface area (Å²) >= 11 is 2.00. The van der Waals surface area contributed by atoms with E-state index >= 15 is 0 Å². The molecule has 0 fully saturated rings. The zero-order valence-electron chi connectivity index (χ0n) is 6.38. The Labute approximate surface area is 107 Å². The van der Waals surface area contributed by atoms with Crippen molar-refractivity contribution >= 4 is 40.8 Å². The monoisotopic (exact) mass is 360 g/mol. The van der Waals surface area contributed by atoms with Gasteiger partial charge in [0.1, 0.15) is 0 Å². The van der Waals surface area contributed by atoms with Crippen LogP contribution in [-0.2, 0) is 42.1 Å². The van der Waals surface area contributed by atoms with Crippen LogP contribution in [0.15, 0.2) is 0 Å². The molecule has 0 amide bonds. The summed E-state index contributed by atoms with van der Waals surface area (Å²) in [5, 5.41) is 0. The van der Waals surface area contributed by atoms with E-state index in [4.69, 9.17) is 28.3 Å². The Morgan fingerprint density at radius 1 is 0.750 bits per heavy atom. The van der Waals surface area contributed by atoms with Gasteiger partial charge in [-0.3, -0.25) is 0 Å². The normalized spacial score (nSPS) is 12.1. The molecular weight excluding hydrogens is 352 g/mol. The summed E-state index contributed by atoms with van der Waals surface area (Å²) in [6.07, 6.45) is 0. The molecule has 0 radical (unpaired) electrons. The molecule has 16 heavy (non-hydrogen) atoms. The van der Waals surface area contributed by atoms with Crippen LogP contribution in [0.4, 0.5) is 0 Å². The Hall–Kier alpha value is 1.26. The van der Waals surface area contributed by atoms with Crippen LogP contribution in [0.3, 0.4) is 0 Å². The molecule has 0 aliphatic carbocycles. The number of hydrogen-bond acceptors (Lipinski definition) is 6. The van der Waals surface area contributed by atoms with Gasteiger partial charge >= 0.3 is 43.2 Å². The van der Waals surface area contributed by atoms with Crippen LogP contribution < -0.4 is 0 Å². The van der Waals surface area contributed by atoms with Crippen molar-refractivity contribution < 1.29 is 66.6 Å². The van der Waals surface area contributed by atoms with Gasteiger partial charge in [0.2, 0.25) is 0 Å². The minimum absolute atomic E-state index is 0. The SMILES string of the molecule is O=P(O)(O)OP(=O)(O)OP(=O)(O)O.[AlH3].[O]=[Fe]. The van der Waals surface area contributed by atoms with E-state index in [1.807, 2.05) is 15.9 Å². The maximum absolute atomic E-state index is 10.4. The van der Waals surface area contributed by atoms with Gasteiger partial charge in [-0.2, -0.15) is 8.62 Å². The first-order chi connectivity index (χ1) is 6.41. The van der Waals surface area contributed by atoms with Crippen LogP contribution >= 0.6 is 23.5 Å². The summed E-state index contributed by atoms with van der Waals surface area (Å²) < 4.78 is 44.4. The molecule has 0 rings (SSSR count). The van der Waals surface area contributed by atoms with E-state index in [2.05, 4.69) is 8.62 Å². The average Bonchev–Trinajstić information content (AvgIpc) is 1.79. The fourth-order valence-corrected chi connectivity index (χ4v) is 2.82. The van der Waals surface area contributed by atoms with Gasteiger partial charge in [0, 0.05) is 0 Å². The third-order valence-corrected chi connectivity index (χ3v) is 3.77. The molecule has 0 aliphatic heterocycles. The van der Waals surface area contributed by atoms with E-state index in [0.29, 0.717) is 0 Å². The van der Waals surface area contributed by atoms with Gasteiger partial charge < -0.3 is 24.5 Å². The first-order valence-electron chi connectivity index (χ1n) is 2.42. The van der Waals surface area contributed by atoms with Gasteiger partial charge in [0.25, 0.3) is 0 Å². The van der Waals surface area contributed by atoms with Crippen molar-refractivity contribution in [3.8, 4) is 0 Å². The molecule has 16 heteroatoms. The quantitative estimate of drug-likeness (QED) is 0.276. The molecule has 0 aliphatic rings. The second-order valence-electron chi connectivity index (χ2n) is 1.61. The van der Waals surface area contributed by atoms with E-state index in [-0.39, 0.29) is 17.4 Å². The molecule has 0 aromatic carbocycles. The van der Waals surface area contributed by atoms with Crippen molar-refractivity contribution in [3.63, 3.8) is 0 Å². The van der Waals surface area contributed by atoms with Gasteiger partial charge in [-0.25, -0.2) is 13.7 Å². The van der Waals surface area contributed by atoms with Crippen molar-refractivity contribution in [3.05, 3.63) is 0 Å². The van der Waals surface area contributed by atoms with Crippen molar-refractivity contribution in [2.75, 3.05) is 0 Å². The van der Waals surface area contributed by atoms with Crippen molar-refractivity contribution in [1.29, 1.82) is 0 Å². The van der Waals surface area contributed by atoms with E-state index < -0.39 is 23.5 Å². The molecule has 11 nitrogen and oxygen atoms in total. The van der Waals surface area contributed by atoms with Gasteiger partial charge in [0.15, 0.2) is 17.4 Å². The van der Waals surface area contributed by atoms with Crippen molar-refractivity contribution in [2.45, 2.75) is 0 Å². The molecule has 100 valence electrons. The summed E-state index contributed by atoms with van der Waals surface area (Å²) in [6, 6.07) is 0. The van der Waals surface area contributed by atoms with E-state index in [9.17, 15) is 13.7 Å². The Morgan fingerprint density at radius 3 is 1.06 bits per heavy atom. The molecule has 5 N–H and O–H groups in total. The Bertz CT molecular complexity index is 296. The van der Waals surface area contributed by atoms with Crippen molar-refractivity contribution in [1.82, 2.24) is 0 Å². The second kappa shape index (κ2) is 8.38. The molecule has 0 spiro atoms. The Kier molecular flexibility index (Phi) is 11.8. The fraction of sp³-hybridized carbons (Fsp3) is 0. The minimum atomic E-state index is -5.46. The molecule has 0 bridgehead atoms. The van der Waals surface area contributed by atoms with Gasteiger partial charge in [0.05, 0.1) is 0 Å². The third kappa shape index (κ3) is 17.7.